The zero-order chi connectivity index (χ0) is 14.4. The molecule has 0 amide bonds. The highest BCUT2D eigenvalue weighted by molar-refractivity contribution is 6.31. The number of halogens is 1. The van der Waals surface area contributed by atoms with Gasteiger partial charge in [-0.05, 0) is 37.6 Å². The van der Waals surface area contributed by atoms with E-state index in [0.29, 0.717) is 0 Å². The van der Waals surface area contributed by atoms with Crippen molar-refractivity contribution in [3.63, 3.8) is 0 Å². The van der Waals surface area contributed by atoms with Crippen LogP contribution in [-0.4, -0.2) is 37.6 Å². The molecule has 0 unspecified atom stereocenters. The van der Waals surface area contributed by atoms with Crippen LogP contribution in [0.3, 0.4) is 0 Å². The lowest BCUT2D eigenvalue weighted by molar-refractivity contribution is 0.252. The summed E-state index contributed by atoms with van der Waals surface area (Å²) in [5.74, 6) is 0. The lowest BCUT2D eigenvalue weighted by atomic mass is 10.1. The molecule has 2 rings (SSSR count). The number of unbranched alkanes of at least 4 members (excludes halogenated alkanes) is 3. The Morgan fingerprint density at radius 2 is 1.85 bits per heavy atom. The molecule has 0 N–H and O–H groups in total. The van der Waals surface area contributed by atoms with E-state index < -0.39 is 0 Å². The fourth-order valence-corrected chi connectivity index (χ4v) is 2.87. The van der Waals surface area contributed by atoms with Crippen molar-refractivity contribution in [3.8, 4) is 0 Å². The molecule has 0 aromatic heterocycles. The van der Waals surface area contributed by atoms with Crippen molar-refractivity contribution in [2.75, 3.05) is 37.6 Å². The fraction of sp³-hybridized carbons (Fsp3) is 0.588. The second kappa shape index (κ2) is 7.90. The number of aryl methyl sites for hydroxylation is 1. The Bertz CT molecular complexity index is 411. The zero-order valence-corrected chi connectivity index (χ0v) is 13.3. The van der Waals surface area contributed by atoms with Crippen LogP contribution in [0.4, 0.5) is 5.69 Å². The maximum absolute atomic E-state index is 6.22. The predicted molar refractivity (Wildman–Crippen MR) is 88.7 cm³/mol. The van der Waals surface area contributed by atoms with E-state index >= 15 is 0 Å². The zero-order valence-electron chi connectivity index (χ0n) is 12.6. The summed E-state index contributed by atoms with van der Waals surface area (Å²) in [6.45, 7) is 11.7. The summed E-state index contributed by atoms with van der Waals surface area (Å²) in [7, 11) is 0. The monoisotopic (exact) mass is 293 g/mol. The van der Waals surface area contributed by atoms with Gasteiger partial charge >= 0.3 is 0 Å². The molecule has 0 bridgehead atoms. The number of hydrogen-bond acceptors (Lipinski definition) is 2. The SMILES string of the molecule is [CH2]CCCCCN1CCN(c2ccc(C)c(Cl)c2)CC1. The summed E-state index contributed by atoms with van der Waals surface area (Å²) >= 11 is 6.22. The molecule has 1 aliphatic rings. The summed E-state index contributed by atoms with van der Waals surface area (Å²) < 4.78 is 0. The predicted octanol–water partition coefficient (Wildman–Crippen LogP) is 4.16. The second-order valence-corrected chi connectivity index (χ2v) is 6.08. The Morgan fingerprint density at radius 1 is 1.10 bits per heavy atom. The van der Waals surface area contributed by atoms with Crippen LogP contribution in [0, 0.1) is 13.8 Å². The van der Waals surface area contributed by atoms with Crippen LogP contribution in [-0.2, 0) is 0 Å². The molecule has 1 aliphatic heterocycles. The Kier molecular flexibility index (Phi) is 6.18. The minimum atomic E-state index is 0.873. The molecule has 111 valence electrons. The van der Waals surface area contributed by atoms with Crippen LogP contribution in [0.25, 0.3) is 0 Å². The highest BCUT2D eigenvalue weighted by Gasteiger charge is 2.17. The molecule has 1 fully saturated rings. The molecule has 1 aromatic carbocycles. The Morgan fingerprint density at radius 3 is 2.50 bits per heavy atom. The van der Waals surface area contributed by atoms with Crippen molar-refractivity contribution in [2.24, 2.45) is 0 Å². The first-order valence-electron chi connectivity index (χ1n) is 7.73. The summed E-state index contributed by atoms with van der Waals surface area (Å²) in [6, 6.07) is 6.40. The minimum absolute atomic E-state index is 0.873. The minimum Gasteiger partial charge on any atom is -0.369 e. The molecule has 1 aromatic rings. The van der Waals surface area contributed by atoms with Crippen molar-refractivity contribution >= 4 is 17.3 Å². The highest BCUT2D eigenvalue weighted by atomic mass is 35.5. The summed E-state index contributed by atoms with van der Waals surface area (Å²) in [5, 5.41) is 0.873. The maximum atomic E-state index is 6.22. The van der Waals surface area contributed by atoms with Gasteiger partial charge in [0.15, 0.2) is 0 Å². The first kappa shape index (κ1) is 15.7. The van der Waals surface area contributed by atoms with Gasteiger partial charge in [-0.3, -0.25) is 4.90 Å². The van der Waals surface area contributed by atoms with Gasteiger partial charge in [0.2, 0.25) is 0 Å². The van der Waals surface area contributed by atoms with Crippen LogP contribution in [0.15, 0.2) is 18.2 Å². The topological polar surface area (TPSA) is 6.48 Å². The van der Waals surface area contributed by atoms with E-state index in [4.69, 9.17) is 11.6 Å². The van der Waals surface area contributed by atoms with Gasteiger partial charge in [-0.2, -0.15) is 0 Å². The first-order valence-corrected chi connectivity index (χ1v) is 8.11. The lowest BCUT2D eigenvalue weighted by Crippen LogP contribution is -2.46. The standard InChI is InChI=1S/C17H26ClN2/c1-3-4-5-6-9-19-10-12-20(13-11-19)16-8-7-15(2)17(18)14-16/h7-8,14H,1,3-6,9-13H2,2H3. The molecule has 1 heterocycles. The van der Waals surface area contributed by atoms with E-state index in [-0.39, 0.29) is 0 Å². The van der Waals surface area contributed by atoms with Crippen LogP contribution < -0.4 is 4.90 Å². The molecule has 0 aliphatic carbocycles. The van der Waals surface area contributed by atoms with Gasteiger partial charge < -0.3 is 4.90 Å². The molecule has 3 heteroatoms. The summed E-state index contributed by atoms with van der Waals surface area (Å²) in [6.07, 6.45) is 4.97. The Hall–Kier alpha value is -0.730. The van der Waals surface area contributed by atoms with Gasteiger partial charge in [0.05, 0.1) is 0 Å². The third-order valence-corrected chi connectivity index (χ3v) is 4.52. The van der Waals surface area contributed by atoms with Crippen LogP contribution in [0.1, 0.15) is 31.2 Å². The number of rotatable bonds is 6. The number of benzene rings is 1. The van der Waals surface area contributed by atoms with E-state index in [1.165, 1.54) is 31.5 Å². The molecule has 0 spiro atoms. The highest BCUT2D eigenvalue weighted by Crippen LogP contribution is 2.24. The molecule has 20 heavy (non-hydrogen) atoms. The molecule has 1 saturated heterocycles. The van der Waals surface area contributed by atoms with Crippen molar-refractivity contribution in [1.82, 2.24) is 4.90 Å². The average Bonchev–Trinajstić information content (AvgIpc) is 2.47. The number of nitrogens with zero attached hydrogens (tertiary/aromatic N) is 2. The summed E-state index contributed by atoms with van der Waals surface area (Å²) in [4.78, 5) is 5.02. The maximum Gasteiger partial charge on any atom is 0.0455 e. The second-order valence-electron chi connectivity index (χ2n) is 5.68. The largest absolute Gasteiger partial charge is 0.369 e. The van der Waals surface area contributed by atoms with E-state index in [1.807, 2.05) is 0 Å². The van der Waals surface area contributed by atoms with E-state index in [1.54, 1.807) is 0 Å². The number of hydrogen-bond donors (Lipinski definition) is 0. The molecule has 1 radical (unpaired) electrons. The van der Waals surface area contributed by atoms with E-state index in [0.717, 1.165) is 43.2 Å². The van der Waals surface area contributed by atoms with Crippen molar-refractivity contribution < 1.29 is 0 Å². The molecule has 0 atom stereocenters. The Labute approximate surface area is 128 Å². The first-order chi connectivity index (χ1) is 9.70. The quantitative estimate of drug-likeness (QED) is 0.727. The fourth-order valence-electron chi connectivity index (χ4n) is 2.70. The van der Waals surface area contributed by atoms with Gasteiger partial charge in [-0.15, -0.1) is 0 Å². The van der Waals surface area contributed by atoms with Crippen LogP contribution >= 0.6 is 11.6 Å². The van der Waals surface area contributed by atoms with Crippen molar-refractivity contribution in [2.45, 2.75) is 32.6 Å². The molecular formula is C17H26ClN2. The molecular weight excluding hydrogens is 268 g/mol. The van der Waals surface area contributed by atoms with E-state index in [9.17, 15) is 0 Å². The molecule has 2 nitrogen and oxygen atoms in total. The normalized spacial score (nSPS) is 16.6. The van der Waals surface area contributed by atoms with Gasteiger partial charge in [-0.1, -0.05) is 43.9 Å². The lowest BCUT2D eigenvalue weighted by Gasteiger charge is -2.36. The average molecular weight is 294 g/mol. The van der Waals surface area contributed by atoms with Gasteiger partial charge in [0.25, 0.3) is 0 Å². The van der Waals surface area contributed by atoms with Crippen molar-refractivity contribution in [3.05, 3.63) is 35.7 Å². The number of piperazine rings is 1. The Balaban J connectivity index is 1.77. The van der Waals surface area contributed by atoms with Crippen LogP contribution in [0.5, 0.6) is 0 Å². The van der Waals surface area contributed by atoms with Crippen molar-refractivity contribution in [1.29, 1.82) is 0 Å². The van der Waals surface area contributed by atoms with Gasteiger partial charge in [0, 0.05) is 36.9 Å². The van der Waals surface area contributed by atoms with Gasteiger partial charge in [0.1, 0.15) is 0 Å². The third-order valence-electron chi connectivity index (χ3n) is 4.12. The smallest absolute Gasteiger partial charge is 0.0455 e. The number of anilines is 1. The summed E-state index contributed by atoms with van der Waals surface area (Å²) in [5.41, 5.74) is 2.41. The third kappa shape index (κ3) is 4.39. The molecule has 0 saturated carbocycles. The van der Waals surface area contributed by atoms with Crippen LogP contribution in [0.2, 0.25) is 5.02 Å². The van der Waals surface area contributed by atoms with Gasteiger partial charge in [-0.25, -0.2) is 0 Å². The van der Waals surface area contributed by atoms with E-state index in [2.05, 4.69) is 41.8 Å².